The van der Waals surface area contributed by atoms with Crippen LogP contribution in [0.25, 0.3) is 0 Å². The van der Waals surface area contributed by atoms with Crippen molar-refractivity contribution in [2.45, 2.75) is 0 Å². The fraction of sp³-hybridized carbons (Fsp3) is 0. The molecule has 5 rings (SSSR count). The van der Waals surface area contributed by atoms with Gasteiger partial charge in [0.2, 0.25) is 0 Å². The van der Waals surface area contributed by atoms with Crippen molar-refractivity contribution in [3.05, 3.63) is 48.6 Å². The molecule has 9 heteroatoms. The van der Waals surface area contributed by atoms with Crippen LogP contribution in [-0.2, 0) is 17.1 Å². The van der Waals surface area contributed by atoms with Crippen molar-refractivity contribution >= 4 is 46.7 Å². The number of amidine groups is 8. The molecule has 0 aliphatic carbocycles. The van der Waals surface area contributed by atoms with E-state index in [-0.39, 0.29) is 17.1 Å². The van der Waals surface area contributed by atoms with Gasteiger partial charge in [0.25, 0.3) is 0 Å². The van der Waals surface area contributed by atoms with Crippen molar-refractivity contribution in [1.82, 2.24) is 0 Å². The Morgan fingerprint density at radius 3 is 0.520 bits per heavy atom. The average molecular weight is 367 g/mol. The van der Waals surface area contributed by atoms with Crippen molar-refractivity contribution in [3.8, 4) is 0 Å². The van der Waals surface area contributed by atoms with Crippen molar-refractivity contribution in [3.63, 3.8) is 0 Å². The molecule has 5 aliphatic heterocycles. The summed E-state index contributed by atoms with van der Waals surface area (Å²) >= 11 is 0. The molecule has 119 valence electrons. The van der Waals surface area contributed by atoms with Gasteiger partial charge in [0.05, 0.1) is 0 Å². The van der Waals surface area contributed by atoms with E-state index in [2.05, 4.69) is 39.9 Å². The van der Waals surface area contributed by atoms with Gasteiger partial charge in [-0.3, -0.25) is 0 Å². The van der Waals surface area contributed by atoms with Gasteiger partial charge in [-0.05, 0) is 48.6 Å². The second-order valence-electron chi connectivity index (χ2n) is 5.09. The van der Waals surface area contributed by atoms with Crippen LogP contribution in [-0.4, -0.2) is 46.7 Å². The predicted molar refractivity (Wildman–Crippen MR) is 96.0 cm³/mol. The van der Waals surface area contributed by atoms with E-state index >= 15 is 0 Å². The Kier molecular flexibility index (Phi) is 3.72. The van der Waals surface area contributed by atoms with E-state index in [0.29, 0.717) is 46.7 Å². The molecule has 8 bridgehead atoms. The van der Waals surface area contributed by atoms with Crippen molar-refractivity contribution < 1.29 is 17.1 Å². The largest absolute Gasteiger partial charge is 0.209 e. The van der Waals surface area contributed by atoms with Crippen LogP contribution in [0.1, 0.15) is 0 Å². The maximum atomic E-state index is 4.37. The fourth-order valence-electron chi connectivity index (χ4n) is 2.33. The Hall–Kier alpha value is -3.16. The maximum Gasteiger partial charge on any atom is 0.156 e. The first-order valence-electron chi connectivity index (χ1n) is 7.22. The summed E-state index contributed by atoms with van der Waals surface area (Å²) in [6, 6.07) is 0. The van der Waals surface area contributed by atoms with Crippen molar-refractivity contribution in [1.29, 1.82) is 0 Å². The van der Waals surface area contributed by atoms with Gasteiger partial charge in [0.1, 0.15) is 0 Å². The molecule has 8 nitrogen and oxygen atoms in total. The second kappa shape index (κ2) is 6.04. The van der Waals surface area contributed by atoms with Crippen molar-refractivity contribution in [2.75, 3.05) is 0 Å². The average Bonchev–Trinajstić information content (AvgIpc) is 3.32. The Labute approximate surface area is 152 Å². The molecule has 0 N–H and O–H groups in total. The fourth-order valence-corrected chi connectivity index (χ4v) is 2.33. The molecule has 0 saturated carbocycles. The zero-order valence-electron chi connectivity index (χ0n) is 12.6. The molecule has 0 aromatic rings. The van der Waals surface area contributed by atoms with E-state index in [1.807, 2.05) is 0 Å². The van der Waals surface area contributed by atoms with E-state index in [9.17, 15) is 0 Å². The SMILES string of the molecule is C1=CC2=NC3=NC(=NC4=NC(=NC5=NC(=NC1=N2)C=C5)C=C4)C=C3.[Mn]. The molecule has 0 amide bonds. The van der Waals surface area contributed by atoms with Gasteiger partial charge in [0, 0.05) is 17.1 Å². The Morgan fingerprint density at radius 2 is 0.400 bits per heavy atom. The van der Waals surface area contributed by atoms with Gasteiger partial charge in [0.15, 0.2) is 46.7 Å². The summed E-state index contributed by atoms with van der Waals surface area (Å²) in [5, 5.41) is 0. The van der Waals surface area contributed by atoms with Crippen LogP contribution in [0, 0.1) is 0 Å². The molecule has 0 fully saturated rings. The van der Waals surface area contributed by atoms with E-state index in [1.165, 1.54) is 0 Å². The first-order valence-corrected chi connectivity index (χ1v) is 7.22. The monoisotopic (exact) mass is 367 g/mol. The molecule has 0 unspecified atom stereocenters. The number of nitrogens with zero attached hydrogens (tertiary/aromatic N) is 8. The van der Waals surface area contributed by atoms with E-state index in [1.54, 1.807) is 48.6 Å². The third kappa shape index (κ3) is 3.10. The normalized spacial score (nSPS) is 21.8. The standard InChI is InChI=1S/C16H8N8.Mn/c1-2-10-17-9(1)21-11-3-4-13(18-11)23-15-7-8-16(20-15)24-14-6-5-12(19-14)22-10;/h1-8H;. The third-order valence-corrected chi connectivity index (χ3v) is 3.36. The molecule has 0 saturated heterocycles. The molecule has 0 atom stereocenters. The molecule has 0 spiro atoms. The zero-order chi connectivity index (χ0) is 15.9. The van der Waals surface area contributed by atoms with Crippen LogP contribution in [0.2, 0.25) is 0 Å². The summed E-state index contributed by atoms with van der Waals surface area (Å²) < 4.78 is 0. The number of rotatable bonds is 0. The minimum Gasteiger partial charge on any atom is -0.209 e. The predicted octanol–water partition coefficient (Wildman–Crippen LogP) is 1.46. The van der Waals surface area contributed by atoms with Gasteiger partial charge in [-0.2, -0.15) is 0 Å². The van der Waals surface area contributed by atoms with Crippen LogP contribution in [0.3, 0.4) is 0 Å². The summed E-state index contributed by atoms with van der Waals surface area (Å²) in [4.78, 5) is 34.8. The van der Waals surface area contributed by atoms with Gasteiger partial charge in [-0.15, -0.1) is 0 Å². The Bertz CT molecular complexity index is 854. The molecular weight excluding hydrogens is 359 g/mol. The van der Waals surface area contributed by atoms with E-state index in [4.69, 9.17) is 0 Å². The maximum absolute atomic E-state index is 4.37. The molecular formula is C16H8MnN8. The summed E-state index contributed by atoms with van der Waals surface area (Å²) in [7, 11) is 0. The minimum atomic E-state index is 0. The molecule has 5 aliphatic rings. The number of hydrogen-bond acceptors (Lipinski definition) is 8. The number of aliphatic imine (C=N–C) groups is 8. The summed E-state index contributed by atoms with van der Waals surface area (Å²) in [5.41, 5.74) is 0. The van der Waals surface area contributed by atoms with Gasteiger partial charge < -0.3 is 0 Å². The molecule has 5 heterocycles. The summed E-state index contributed by atoms with van der Waals surface area (Å²) in [5.74, 6) is 4.30. The van der Waals surface area contributed by atoms with Crippen LogP contribution in [0.15, 0.2) is 88.5 Å². The molecule has 25 heavy (non-hydrogen) atoms. The quantitative estimate of drug-likeness (QED) is 0.579. The van der Waals surface area contributed by atoms with Gasteiger partial charge in [-0.25, -0.2) is 39.9 Å². The van der Waals surface area contributed by atoms with Gasteiger partial charge >= 0.3 is 0 Å². The van der Waals surface area contributed by atoms with Gasteiger partial charge in [-0.1, -0.05) is 0 Å². The van der Waals surface area contributed by atoms with Crippen LogP contribution in [0.4, 0.5) is 0 Å². The number of hydrogen-bond donors (Lipinski definition) is 0. The van der Waals surface area contributed by atoms with Crippen molar-refractivity contribution in [2.24, 2.45) is 39.9 Å². The Balaban J connectivity index is 0.00000157. The van der Waals surface area contributed by atoms with Crippen LogP contribution >= 0.6 is 0 Å². The third-order valence-electron chi connectivity index (χ3n) is 3.36. The Morgan fingerprint density at radius 1 is 0.280 bits per heavy atom. The zero-order valence-corrected chi connectivity index (χ0v) is 13.8. The van der Waals surface area contributed by atoms with E-state index < -0.39 is 0 Å². The van der Waals surface area contributed by atoms with Crippen LogP contribution < -0.4 is 0 Å². The molecule has 1 radical (unpaired) electrons. The molecule has 0 aromatic carbocycles. The smallest absolute Gasteiger partial charge is 0.156 e. The van der Waals surface area contributed by atoms with E-state index in [0.717, 1.165) is 0 Å². The summed E-state index contributed by atoms with van der Waals surface area (Å²) in [6.45, 7) is 0. The number of fused-ring (bicyclic) bond motifs is 4. The minimum absolute atomic E-state index is 0. The summed E-state index contributed by atoms with van der Waals surface area (Å²) in [6.07, 6.45) is 14.2. The van der Waals surface area contributed by atoms with Crippen LogP contribution in [0.5, 0.6) is 0 Å². The molecule has 0 aromatic heterocycles. The second-order valence-corrected chi connectivity index (χ2v) is 5.09. The first-order chi connectivity index (χ1) is 11.8. The first kappa shape index (κ1) is 15.4. The topological polar surface area (TPSA) is 98.9 Å².